The number of benzene rings is 1. The van der Waals surface area contributed by atoms with Crippen LogP contribution >= 0.6 is 0 Å². The summed E-state index contributed by atoms with van der Waals surface area (Å²) >= 11 is 0. The number of carbonyl (C=O) groups excluding carboxylic acids is 2. The third-order valence-corrected chi connectivity index (χ3v) is 5.17. The quantitative estimate of drug-likeness (QED) is 0.458. The highest BCUT2D eigenvalue weighted by molar-refractivity contribution is 5.81. The molecule has 1 aliphatic heterocycles. The molecule has 5 heteroatoms. The fourth-order valence-electron chi connectivity index (χ4n) is 3.63. The van der Waals surface area contributed by atoms with E-state index >= 15 is 0 Å². The zero-order chi connectivity index (χ0) is 20.2. The maximum Gasteiger partial charge on any atom is 0.303 e. The summed E-state index contributed by atoms with van der Waals surface area (Å²) in [6.07, 6.45) is 10.5. The van der Waals surface area contributed by atoms with Gasteiger partial charge in [-0.15, -0.1) is 0 Å². The first-order valence-electron chi connectivity index (χ1n) is 10.3. The number of amides is 1. The summed E-state index contributed by atoms with van der Waals surface area (Å²) < 4.78 is 0. The van der Waals surface area contributed by atoms with Crippen LogP contribution in [0.1, 0.15) is 63.4 Å². The van der Waals surface area contributed by atoms with E-state index in [4.69, 9.17) is 5.11 Å². The molecule has 1 saturated heterocycles. The summed E-state index contributed by atoms with van der Waals surface area (Å²) in [5, 5.41) is 8.67. The number of aliphatic carboxylic acids is 1. The average molecular weight is 386 g/mol. The first kappa shape index (κ1) is 21.9. The molecule has 0 radical (unpaired) electrons. The van der Waals surface area contributed by atoms with E-state index < -0.39 is 5.97 Å². The summed E-state index contributed by atoms with van der Waals surface area (Å²) in [6.45, 7) is 0.545. The number of likely N-dealkylation sites (tertiary alicyclic amines) is 1. The molecule has 2 rings (SSSR count). The first-order valence-corrected chi connectivity index (χ1v) is 10.3. The van der Waals surface area contributed by atoms with Crippen LogP contribution in [0.4, 0.5) is 0 Å². The van der Waals surface area contributed by atoms with E-state index in [0.29, 0.717) is 45.1 Å². The van der Waals surface area contributed by atoms with Crippen LogP contribution in [0, 0.1) is 0 Å². The second-order valence-electron chi connectivity index (χ2n) is 7.44. The topological polar surface area (TPSA) is 74.7 Å². The minimum Gasteiger partial charge on any atom is -0.481 e. The number of unbranched alkanes of at least 4 members (excludes halogenated alkanes) is 1. The highest BCUT2D eigenvalue weighted by Gasteiger charge is 2.25. The highest BCUT2D eigenvalue weighted by Crippen LogP contribution is 2.22. The van der Waals surface area contributed by atoms with E-state index in [1.165, 1.54) is 0 Å². The molecule has 28 heavy (non-hydrogen) atoms. The summed E-state index contributed by atoms with van der Waals surface area (Å²) in [5.41, 5.74) is 1.03. The Bertz CT molecular complexity index is 668. The van der Waals surface area contributed by atoms with Gasteiger partial charge in [0.05, 0.1) is 0 Å². The zero-order valence-electron chi connectivity index (χ0n) is 16.5. The number of nitrogens with zero attached hydrogens (tertiary/aromatic N) is 1. The summed E-state index contributed by atoms with van der Waals surface area (Å²) in [6, 6.07) is 9.87. The van der Waals surface area contributed by atoms with Gasteiger partial charge in [0.15, 0.2) is 0 Å². The Balaban J connectivity index is 1.84. The van der Waals surface area contributed by atoms with Crippen LogP contribution < -0.4 is 0 Å². The van der Waals surface area contributed by atoms with Crippen molar-refractivity contribution in [3.63, 3.8) is 0 Å². The number of hydrogen-bond donors (Lipinski definition) is 1. The third-order valence-electron chi connectivity index (χ3n) is 5.17. The van der Waals surface area contributed by atoms with E-state index in [1.54, 1.807) is 0 Å². The molecule has 0 aliphatic carbocycles. The number of rotatable bonds is 11. The lowest BCUT2D eigenvalue weighted by molar-refractivity contribution is -0.137. The van der Waals surface area contributed by atoms with Crippen LogP contribution in [0.3, 0.4) is 0 Å². The molecule has 152 valence electrons. The number of hydrogen-bond acceptors (Lipinski definition) is 3. The van der Waals surface area contributed by atoms with Crippen LogP contribution in [0.25, 0.3) is 0 Å². The predicted molar refractivity (Wildman–Crippen MR) is 109 cm³/mol. The summed E-state index contributed by atoms with van der Waals surface area (Å²) in [5.74, 6) is -0.406. The molecule has 5 nitrogen and oxygen atoms in total. The van der Waals surface area contributed by atoms with Gasteiger partial charge in [0.25, 0.3) is 0 Å². The van der Waals surface area contributed by atoms with E-state index in [1.807, 2.05) is 47.4 Å². The molecule has 1 unspecified atom stereocenters. The highest BCUT2D eigenvalue weighted by atomic mass is 16.4. The minimum absolute atomic E-state index is 0.110. The van der Waals surface area contributed by atoms with Crippen LogP contribution in [-0.4, -0.2) is 40.3 Å². The first-order chi connectivity index (χ1) is 13.6. The molecule has 0 saturated carbocycles. The lowest BCUT2D eigenvalue weighted by atomic mass is 9.99. The summed E-state index contributed by atoms with van der Waals surface area (Å²) in [7, 11) is 0. The molecular weight excluding hydrogens is 354 g/mol. The molecule has 1 fully saturated rings. The number of ketones is 1. The number of Topliss-reactive ketones (excluding diaryl/α,β-unsaturated/α-hetero) is 1. The minimum atomic E-state index is -0.781. The molecule has 1 aromatic carbocycles. The van der Waals surface area contributed by atoms with Gasteiger partial charge in [0.1, 0.15) is 5.78 Å². The fourth-order valence-corrected chi connectivity index (χ4v) is 3.63. The van der Waals surface area contributed by atoms with Crippen molar-refractivity contribution < 1.29 is 19.5 Å². The van der Waals surface area contributed by atoms with Crippen LogP contribution in [-0.2, 0) is 20.8 Å². The van der Waals surface area contributed by atoms with Crippen LogP contribution in [0.15, 0.2) is 42.5 Å². The van der Waals surface area contributed by atoms with Crippen molar-refractivity contribution in [2.24, 2.45) is 0 Å². The number of carbonyl (C=O) groups is 3. The predicted octanol–water partition coefficient (Wildman–Crippen LogP) is 4.16. The standard InChI is InChI=1S/C23H31NO4/c25-21(18-19-10-4-3-5-11-19)16-15-20-12-7-8-13-22(26)24(20)17-9-2-1-6-14-23(27)28/h2-5,9-11,20H,1,6-8,12-18H2,(H,27,28). The zero-order valence-corrected chi connectivity index (χ0v) is 16.5. The molecule has 1 N–H and O–H groups in total. The Kier molecular flexibility index (Phi) is 9.46. The van der Waals surface area contributed by atoms with Gasteiger partial charge >= 0.3 is 5.97 Å². The average Bonchev–Trinajstić information content (AvgIpc) is 2.85. The monoisotopic (exact) mass is 385 g/mol. The van der Waals surface area contributed by atoms with E-state index in [2.05, 4.69) is 0 Å². The maximum absolute atomic E-state index is 12.5. The van der Waals surface area contributed by atoms with Gasteiger partial charge in [0, 0.05) is 38.3 Å². The number of allylic oxidation sites excluding steroid dienone is 1. The number of carboxylic acids is 1. The van der Waals surface area contributed by atoms with Gasteiger partial charge in [0.2, 0.25) is 5.91 Å². The second-order valence-corrected chi connectivity index (χ2v) is 7.44. The SMILES string of the molecule is O=C(O)CCCC=CCN1C(=O)CCCCC1CCC(=O)Cc1ccccc1. The van der Waals surface area contributed by atoms with Crippen molar-refractivity contribution in [1.29, 1.82) is 0 Å². The van der Waals surface area contributed by atoms with Crippen molar-refractivity contribution in [3.8, 4) is 0 Å². The second kappa shape index (κ2) is 12.1. The van der Waals surface area contributed by atoms with E-state index in [9.17, 15) is 14.4 Å². The van der Waals surface area contributed by atoms with Gasteiger partial charge in [-0.3, -0.25) is 14.4 Å². The normalized spacial score (nSPS) is 17.6. The van der Waals surface area contributed by atoms with Crippen molar-refractivity contribution in [2.75, 3.05) is 6.54 Å². The van der Waals surface area contributed by atoms with Crippen molar-refractivity contribution in [3.05, 3.63) is 48.0 Å². The molecule has 1 atom stereocenters. The molecule has 1 amide bonds. The van der Waals surface area contributed by atoms with Crippen molar-refractivity contribution in [1.82, 2.24) is 4.90 Å². The Labute approximate surface area is 167 Å². The van der Waals surface area contributed by atoms with Crippen LogP contribution in [0.5, 0.6) is 0 Å². The lowest BCUT2D eigenvalue weighted by Gasteiger charge is -2.29. The van der Waals surface area contributed by atoms with Crippen molar-refractivity contribution >= 4 is 17.7 Å². The lowest BCUT2D eigenvalue weighted by Crippen LogP contribution is -2.39. The van der Waals surface area contributed by atoms with Gasteiger partial charge in [-0.1, -0.05) is 48.9 Å². The van der Waals surface area contributed by atoms with E-state index in [0.717, 1.165) is 24.8 Å². The number of carboxylic acid groups (broad SMARTS) is 1. The van der Waals surface area contributed by atoms with E-state index in [-0.39, 0.29) is 24.2 Å². The van der Waals surface area contributed by atoms with Gasteiger partial charge in [-0.05, 0) is 37.7 Å². The fraction of sp³-hybridized carbons (Fsp3) is 0.522. The Hall–Kier alpha value is -2.43. The molecule has 0 bridgehead atoms. The molecule has 0 spiro atoms. The molecule has 0 aromatic heterocycles. The summed E-state index contributed by atoms with van der Waals surface area (Å²) in [4.78, 5) is 37.3. The molecular formula is C23H31NO4. The van der Waals surface area contributed by atoms with Gasteiger partial charge < -0.3 is 10.0 Å². The molecule has 1 aromatic rings. The smallest absolute Gasteiger partial charge is 0.303 e. The van der Waals surface area contributed by atoms with Crippen molar-refractivity contribution in [2.45, 2.75) is 70.3 Å². The molecule has 1 heterocycles. The van der Waals surface area contributed by atoms with Gasteiger partial charge in [-0.2, -0.15) is 0 Å². The molecule has 1 aliphatic rings. The third kappa shape index (κ3) is 8.07. The maximum atomic E-state index is 12.5. The largest absolute Gasteiger partial charge is 0.481 e. The Morgan fingerprint density at radius 1 is 1.11 bits per heavy atom. The Morgan fingerprint density at radius 3 is 2.64 bits per heavy atom. The van der Waals surface area contributed by atoms with Crippen LogP contribution in [0.2, 0.25) is 0 Å². The van der Waals surface area contributed by atoms with Gasteiger partial charge in [-0.25, -0.2) is 0 Å². The Morgan fingerprint density at radius 2 is 1.89 bits per heavy atom.